The fourth-order valence-corrected chi connectivity index (χ4v) is 3.42. The molecule has 0 bridgehead atoms. The molecule has 1 fully saturated rings. The summed E-state index contributed by atoms with van der Waals surface area (Å²) in [4.78, 5) is 8.84. The molecule has 2 aromatic rings. The van der Waals surface area contributed by atoms with E-state index in [1.807, 2.05) is 25.5 Å². The monoisotopic (exact) mass is 467 g/mol. The summed E-state index contributed by atoms with van der Waals surface area (Å²) in [5, 5.41) is 6.89. The molecule has 1 saturated carbocycles. The Bertz CT molecular complexity index is 686. The van der Waals surface area contributed by atoms with Gasteiger partial charge in [-0.25, -0.2) is 4.98 Å². The first kappa shape index (κ1) is 20.7. The molecule has 6 heteroatoms. The van der Waals surface area contributed by atoms with E-state index in [0.717, 1.165) is 24.9 Å². The van der Waals surface area contributed by atoms with Crippen molar-refractivity contribution in [3.05, 3.63) is 54.1 Å². The van der Waals surface area contributed by atoms with Gasteiger partial charge in [-0.15, -0.1) is 24.0 Å². The van der Waals surface area contributed by atoms with Crippen LogP contribution >= 0.6 is 24.0 Å². The van der Waals surface area contributed by atoms with Crippen LogP contribution in [0.2, 0.25) is 0 Å². The maximum absolute atomic E-state index is 4.49. The van der Waals surface area contributed by atoms with Gasteiger partial charge in [-0.2, -0.15) is 0 Å². The lowest BCUT2D eigenvalue weighted by molar-refractivity contribution is 0.131. The number of halogens is 1. The van der Waals surface area contributed by atoms with Crippen LogP contribution in [0.4, 0.5) is 0 Å². The fraction of sp³-hybridized carbons (Fsp3) is 0.500. The molecule has 142 valence electrons. The number of benzene rings is 1. The summed E-state index contributed by atoms with van der Waals surface area (Å²) in [6.45, 7) is 4.79. The first-order valence-corrected chi connectivity index (χ1v) is 9.23. The van der Waals surface area contributed by atoms with Crippen LogP contribution in [0.1, 0.15) is 44.0 Å². The molecule has 0 amide bonds. The highest BCUT2D eigenvalue weighted by molar-refractivity contribution is 14.0. The molecule has 0 spiro atoms. The molecule has 0 saturated heterocycles. The first-order valence-electron chi connectivity index (χ1n) is 9.23. The van der Waals surface area contributed by atoms with Crippen LogP contribution in [0, 0.1) is 5.41 Å². The Kier molecular flexibility index (Phi) is 7.93. The standard InChI is InChI=1S/C20H29N5.HI/c1-3-20(10-7-11-20)16-24-19(21-2)23-14-18-22-12-13-25(18)15-17-8-5-4-6-9-17;/h4-6,8-9,12-13H,3,7,10-11,14-16H2,1-2H3,(H2,21,23,24);1H. The lowest BCUT2D eigenvalue weighted by atomic mass is 9.67. The number of aromatic nitrogens is 2. The van der Waals surface area contributed by atoms with E-state index in [0.29, 0.717) is 12.0 Å². The van der Waals surface area contributed by atoms with E-state index < -0.39 is 0 Å². The molecule has 1 aliphatic rings. The smallest absolute Gasteiger partial charge is 0.191 e. The minimum atomic E-state index is 0. The molecular formula is C20H30IN5. The Morgan fingerprint density at radius 2 is 2.00 bits per heavy atom. The molecule has 0 unspecified atom stereocenters. The van der Waals surface area contributed by atoms with Gasteiger partial charge in [0.1, 0.15) is 5.82 Å². The summed E-state index contributed by atoms with van der Waals surface area (Å²) in [6.07, 6.45) is 9.14. The van der Waals surface area contributed by atoms with E-state index in [2.05, 4.69) is 56.4 Å². The van der Waals surface area contributed by atoms with Gasteiger partial charge in [-0.1, -0.05) is 43.7 Å². The van der Waals surface area contributed by atoms with Crippen molar-refractivity contribution >= 4 is 29.9 Å². The Balaban J connectivity index is 0.00000243. The van der Waals surface area contributed by atoms with Gasteiger partial charge in [0.15, 0.2) is 5.96 Å². The largest absolute Gasteiger partial charge is 0.356 e. The minimum absolute atomic E-state index is 0. The molecule has 1 aliphatic carbocycles. The summed E-state index contributed by atoms with van der Waals surface area (Å²) in [5.74, 6) is 1.87. The van der Waals surface area contributed by atoms with E-state index >= 15 is 0 Å². The lowest BCUT2D eigenvalue weighted by Crippen LogP contribution is -2.46. The normalized spacial score (nSPS) is 15.7. The molecule has 0 radical (unpaired) electrons. The second kappa shape index (κ2) is 9.94. The van der Waals surface area contributed by atoms with Gasteiger partial charge in [-0.3, -0.25) is 4.99 Å². The van der Waals surface area contributed by atoms with Gasteiger partial charge in [0.2, 0.25) is 0 Å². The summed E-state index contributed by atoms with van der Waals surface area (Å²) in [6, 6.07) is 10.5. The molecule has 1 aromatic heterocycles. The molecule has 1 aromatic carbocycles. The third kappa shape index (κ3) is 5.22. The van der Waals surface area contributed by atoms with Crippen molar-refractivity contribution in [2.24, 2.45) is 10.4 Å². The summed E-state index contributed by atoms with van der Waals surface area (Å²) < 4.78 is 2.18. The highest BCUT2D eigenvalue weighted by Gasteiger charge is 2.34. The maximum Gasteiger partial charge on any atom is 0.191 e. The number of nitrogens with zero attached hydrogens (tertiary/aromatic N) is 3. The first-order chi connectivity index (χ1) is 12.2. The van der Waals surface area contributed by atoms with Gasteiger partial charge in [-0.05, 0) is 30.2 Å². The molecular weight excluding hydrogens is 437 g/mol. The second-order valence-electron chi connectivity index (χ2n) is 6.94. The van der Waals surface area contributed by atoms with Crippen LogP contribution in [0.15, 0.2) is 47.7 Å². The average molecular weight is 467 g/mol. The molecule has 1 heterocycles. The van der Waals surface area contributed by atoms with E-state index in [-0.39, 0.29) is 24.0 Å². The van der Waals surface area contributed by atoms with Crippen LogP contribution in [-0.4, -0.2) is 29.1 Å². The highest BCUT2D eigenvalue weighted by atomic mass is 127. The van der Waals surface area contributed by atoms with Crippen LogP contribution in [0.5, 0.6) is 0 Å². The van der Waals surface area contributed by atoms with Crippen LogP contribution in [0.3, 0.4) is 0 Å². The zero-order valence-electron chi connectivity index (χ0n) is 15.7. The van der Waals surface area contributed by atoms with Crippen LogP contribution < -0.4 is 10.6 Å². The third-order valence-electron chi connectivity index (χ3n) is 5.43. The zero-order valence-corrected chi connectivity index (χ0v) is 18.1. The summed E-state index contributed by atoms with van der Waals surface area (Å²) in [5.41, 5.74) is 1.75. The number of rotatable bonds is 7. The van der Waals surface area contributed by atoms with Crippen molar-refractivity contribution in [2.75, 3.05) is 13.6 Å². The maximum atomic E-state index is 4.49. The minimum Gasteiger partial charge on any atom is -0.356 e. The third-order valence-corrected chi connectivity index (χ3v) is 5.43. The van der Waals surface area contributed by atoms with Crippen molar-refractivity contribution in [1.29, 1.82) is 0 Å². The SMILES string of the molecule is CCC1(CNC(=NC)NCc2nccn2Cc2ccccc2)CCC1.I. The lowest BCUT2D eigenvalue weighted by Gasteiger charge is -2.41. The van der Waals surface area contributed by atoms with Crippen molar-refractivity contribution < 1.29 is 0 Å². The Hall–Kier alpha value is -1.57. The molecule has 0 aliphatic heterocycles. The van der Waals surface area contributed by atoms with Gasteiger partial charge >= 0.3 is 0 Å². The van der Waals surface area contributed by atoms with E-state index in [1.54, 1.807) is 0 Å². The van der Waals surface area contributed by atoms with E-state index in [9.17, 15) is 0 Å². The van der Waals surface area contributed by atoms with Gasteiger partial charge in [0, 0.05) is 32.5 Å². The summed E-state index contributed by atoms with van der Waals surface area (Å²) in [7, 11) is 1.82. The van der Waals surface area contributed by atoms with Crippen molar-refractivity contribution in [1.82, 2.24) is 20.2 Å². The number of hydrogen-bond donors (Lipinski definition) is 2. The molecule has 26 heavy (non-hydrogen) atoms. The number of aliphatic imine (C=N–C) groups is 1. The molecule has 0 atom stereocenters. The Morgan fingerprint density at radius 1 is 1.23 bits per heavy atom. The topological polar surface area (TPSA) is 54.2 Å². The number of hydrogen-bond acceptors (Lipinski definition) is 2. The van der Waals surface area contributed by atoms with Crippen molar-refractivity contribution in [2.45, 2.75) is 45.7 Å². The number of guanidine groups is 1. The van der Waals surface area contributed by atoms with E-state index in [1.165, 1.54) is 31.2 Å². The highest BCUT2D eigenvalue weighted by Crippen LogP contribution is 2.42. The van der Waals surface area contributed by atoms with Crippen LogP contribution in [-0.2, 0) is 13.1 Å². The van der Waals surface area contributed by atoms with Gasteiger partial charge < -0.3 is 15.2 Å². The molecule has 3 rings (SSSR count). The van der Waals surface area contributed by atoms with Gasteiger partial charge in [0.25, 0.3) is 0 Å². The second-order valence-corrected chi connectivity index (χ2v) is 6.94. The predicted molar refractivity (Wildman–Crippen MR) is 118 cm³/mol. The average Bonchev–Trinajstić information content (AvgIpc) is 3.05. The van der Waals surface area contributed by atoms with E-state index in [4.69, 9.17) is 0 Å². The Labute approximate surface area is 173 Å². The number of nitrogens with one attached hydrogen (secondary N) is 2. The van der Waals surface area contributed by atoms with Crippen molar-refractivity contribution in [3.8, 4) is 0 Å². The van der Waals surface area contributed by atoms with Crippen molar-refractivity contribution in [3.63, 3.8) is 0 Å². The fourth-order valence-electron chi connectivity index (χ4n) is 3.42. The van der Waals surface area contributed by atoms with Gasteiger partial charge in [0.05, 0.1) is 6.54 Å². The molecule has 2 N–H and O–H groups in total. The Morgan fingerprint density at radius 3 is 2.62 bits per heavy atom. The quantitative estimate of drug-likeness (QED) is 0.370. The summed E-state index contributed by atoms with van der Waals surface area (Å²) >= 11 is 0. The number of imidazole rings is 1. The predicted octanol–water partition coefficient (Wildman–Crippen LogP) is 3.79. The zero-order chi connectivity index (χ0) is 17.5. The molecule has 5 nitrogen and oxygen atoms in total. The van der Waals surface area contributed by atoms with Crippen LogP contribution in [0.25, 0.3) is 0 Å².